The number of H-pyrrole nitrogens is 1. The first-order chi connectivity index (χ1) is 13.3. The summed E-state index contributed by atoms with van der Waals surface area (Å²) in [6.45, 7) is 9.70. The molecule has 1 amide bonds. The Balaban J connectivity index is 2.15. The predicted octanol–water partition coefficient (Wildman–Crippen LogP) is 3.57. The van der Waals surface area contributed by atoms with E-state index in [0.29, 0.717) is 26.5 Å². The molecule has 2 atom stereocenters. The Labute approximate surface area is 172 Å². The summed E-state index contributed by atoms with van der Waals surface area (Å²) in [4.78, 5) is 44.9. The summed E-state index contributed by atoms with van der Waals surface area (Å²) < 4.78 is 5.05. The Bertz CT molecular complexity index is 906. The second-order valence-electron chi connectivity index (χ2n) is 6.62. The van der Waals surface area contributed by atoms with Gasteiger partial charge in [0, 0.05) is 6.04 Å². The van der Waals surface area contributed by atoms with Crippen molar-refractivity contribution in [2.45, 2.75) is 58.8 Å². The molecule has 154 valence electrons. The van der Waals surface area contributed by atoms with Crippen LogP contribution in [-0.4, -0.2) is 40.2 Å². The van der Waals surface area contributed by atoms with Crippen LogP contribution in [0.25, 0.3) is 10.2 Å². The molecule has 0 aliphatic carbocycles. The smallest absolute Gasteiger partial charge is 0.348 e. The van der Waals surface area contributed by atoms with Crippen molar-refractivity contribution in [3.63, 3.8) is 0 Å². The van der Waals surface area contributed by atoms with E-state index in [1.54, 1.807) is 13.8 Å². The third-order valence-electron chi connectivity index (χ3n) is 4.26. The van der Waals surface area contributed by atoms with Crippen molar-refractivity contribution < 1.29 is 14.3 Å². The molecule has 0 fully saturated rings. The van der Waals surface area contributed by atoms with Gasteiger partial charge in [0.2, 0.25) is 5.91 Å². The van der Waals surface area contributed by atoms with Crippen LogP contribution in [0.1, 0.15) is 66.8 Å². The van der Waals surface area contributed by atoms with Crippen LogP contribution in [0.4, 0.5) is 0 Å². The molecule has 2 N–H and O–H groups in total. The number of fused-ring (bicyclic) bond motifs is 1. The van der Waals surface area contributed by atoms with Gasteiger partial charge in [-0.3, -0.25) is 9.59 Å². The van der Waals surface area contributed by atoms with Crippen molar-refractivity contribution in [1.82, 2.24) is 15.3 Å². The van der Waals surface area contributed by atoms with Crippen molar-refractivity contribution in [2.24, 2.45) is 0 Å². The lowest BCUT2D eigenvalue weighted by Gasteiger charge is -2.14. The minimum absolute atomic E-state index is 0.0298. The third kappa shape index (κ3) is 5.35. The van der Waals surface area contributed by atoms with Gasteiger partial charge in [-0.1, -0.05) is 13.3 Å². The molecule has 0 unspecified atom stereocenters. The molecule has 0 bridgehead atoms. The molecule has 0 saturated heterocycles. The van der Waals surface area contributed by atoms with Gasteiger partial charge in [-0.2, -0.15) is 0 Å². The molecule has 9 heteroatoms. The highest BCUT2D eigenvalue weighted by Crippen LogP contribution is 2.30. The second kappa shape index (κ2) is 10.1. The second-order valence-corrected chi connectivity index (χ2v) is 8.95. The van der Waals surface area contributed by atoms with E-state index in [1.165, 1.54) is 11.8 Å². The van der Waals surface area contributed by atoms with Gasteiger partial charge in [0.15, 0.2) is 0 Å². The van der Waals surface area contributed by atoms with E-state index in [-0.39, 0.29) is 35.1 Å². The minimum Gasteiger partial charge on any atom is -0.462 e. The van der Waals surface area contributed by atoms with E-state index in [9.17, 15) is 14.4 Å². The van der Waals surface area contributed by atoms with Crippen LogP contribution in [0, 0.1) is 6.92 Å². The number of nitrogens with zero attached hydrogens (tertiary/aromatic N) is 1. The van der Waals surface area contributed by atoms with Gasteiger partial charge in [0.1, 0.15) is 15.5 Å². The molecule has 0 aliphatic heterocycles. The fraction of sp³-hybridized carbons (Fsp3) is 0.579. The number of thiophene rings is 1. The third-order valence-corrected chi connectivity index (χ3v) is 6.58. The van der Waals surface area contributed by atoms with Crippen LogP contribution in [0.5, 0.6) is 0 Å². The lowest BCUT2D eigenvalue weighted by atomic mass is 10.2. The molecule has 0 aliphatic rings. The number of amides is 1. The van der Waals surface area contributed by atoms with Gasteiger partial charge in [-0.25, -0.2) is 9.78 Å². The van der Waals surface area contributed by atoms with Crippen LogP contribution >= 0.6 is 23.1 Å². The summed E-state index contributed by atoms with van der Waals surface area (Å²) in [7, 11) is 0. The van der Waals surface area contributed by atoms with Gasteiger partial charge in [0.25, 0.3) is 5.56 Å². The molecular weight excluding hydrogens is 398 g/mol. The van der Waals surface area contributed by atoms with Crippen LogP contribution in [0.2, 0.25) is 0 Å². The summed E-state index contributed by atoms with van der Waals surface area (Å²) in [5.41, 5.74) is 0.307. The van der Waals surface area contributed by atoms with Gasteiger partial charge in [-0.15, -0.1) is 23.1 Å². The molecule has 2 rings (SSSR count). The van der Waals surface area contributed by atoms with E-state index >= 15 is 0 Å². The molecule has 28 heavy (non-hydrogen) atoms. The van der Waals surface area contributed by atoms with Crippen molar-refractivity contribution in [3.05, 3.63) is 26.6 Å². The molecule has 0 aromatic carbocycles. The van der Waals surface area contributed by atoms with Crippen LogP contribution in [0.3, 0.4) is 0 Å². The molecule has 7 nitrogen and oxygen atoms in total. The monoisotopic (exact) mass is 425 g/mol. The zero-order valence-corrected chi connectivity index (χ0v) is 18.5. The van der Waals surface area contributed by atoms with Gasteiger partial charge in [-0.05, 0) is 39.7 Å². The molecule has 2 aromatic rings. The van der Waals surface area contributed by atoms with Gasteiger partial charge in [0.05, 0.1) is 23.0 Å². The average Bonchev–Trinajstić information content (AvgIpc) is 2.97. The fourth-order valence-corrected chi connectivity index (χ4v) is 4.68. The first-order valence-corrected chi connectivity index (χ1v) is 11.3. The molecule has 0 spiro atoms. The van der Waals surface area contributed by atoms with E-state index in [0.717, 1.165) is 24.2 Å². The summed E-state index contributed by atoms with van der Waals surface area (Å²) in [5.74, 6) is 0.310. The number of hydrogen-bond acceptors (Lipinski definition) is 7. The van der Waals surface area contributed by atoms with Crippen molar-refractivity contribution in [3.8, 4) is 0 Å². The standard InChI is InChI=1S/C19H27N3O4S2/c1-6-8-10(3)20-13(23)9-27-12(5)16-21-17(24)14-11(4)15(19(25)26-7-2)28-18(14)22-16/h10,12H,6-9H2,1-5H3,(H,20,23)(H,21,22,24)/t10-,12-/m1/s1. The summed E-state index contributed by atoms with van der Waals surface area (Å²) >= 11 is 2.57. The first kappa shape index (κ1) is 22.4. The number of aromatic amines is 1. The summed E-state index contributed by atoms with van der Waals surface area (Å²) in [5, 5.41) is 3.21. The summed E-state index contributed by atoms with van der Waals surface area (Å²) in [6, 6.07) is 0.151. The topological polar surface area (TPSA) is 101 Å². The number of hydrogen-bond donors (Lipinski definition) is 2. The molecule has 0 saturated carbocycles. The van der Waals surface area contributed by atoms with E-state index in [1.807, 2.05) is 13.8 Å². The summed E-state index contributed by atoms with van der Waals surface area (Å²) in [6.07, 6.45) is 1.96. The Morgan fingerprint density at radius 3 is 2.68 bits per heavy atom. The number of carbonyl (C=O) groups is 2. The Hall–Kier alpha value is -1.87. The fourth-order valence-electron chi connectivity index (χ4n) is 2.85. The molecule has 2 heterocycles. The predicted molar refractivity (Wildman–Crippen MR) is 114 cm³/mol. The van der Waals surface area contributed by atoms with Gasteiger partial charge < -0.3 is 15.0 Å². The molecule has 2 aromatic heterocycles. The van der Waals surface area contributed by atoms with E-state index < -0.39 is 5.97 Å². The number of aromatic nitrogens is 2. The number of nitrogens with one attached hydrogen (secondary N) is 2. The lowest BCUT2D eigenvalue weighted by Crippen LogP contribution is -2.33. The van der Waals surface area contributed by atoms with E-state index in [4.69, 9.17) is 4.74 Å². The maximum absolute atomic E-state index is 12.5. The highest BCUT2D eigenvalue weighted by Gasteiger charge is 2.21. The lowest BCUT2D eigenvalue weighted by molar-refractivity contribution is -0.119. The highest BCUT2D eigenvalue weighted by molar-refractivity contribution is 8.00. The number of aryl methyl sites for hydroxylation is 1. The zero-order chi connectivity index (χ0) is 20.8. The number of ether oxygens (including phenoxy) is 1. The van der Waals surface area contributed by atoms with Crippen LogP contribution in [-0.2, 0) is 9.53 Å². The van der Waals surface area contributed by atoms with Crippen LogP contribution < -0.4 is 10.9 Å². The largest absolute Gasteiger partial charge is 0.462 e. The number of thioether (sulfide) groups is 1. The molecular formula is C19H27N3O4S2. The number of carbonyl (C=O) groups excluding carboxylic acids is 2. The van der Waals surface area contributed by atoms with Gasteiger partial charge >= 0.3 is 5.97 Å². The number of esters is 1. The Morgan fingerprint density at radius 2 is 2.04 bits per heavy atom. The van der Waals surface area contributed by atoms with Crippen LogP contribution in [0.15, 0.2) is 4.79 Å². The van der Waals surface area contributed by atoms with Crippen molar-refractivity contribution >= 4 is 45.2 Å². The zero-order valence-electron chi connectivity index (χ0n) is 16.9. The maximum Gasteiger partial charge on any atom is 0.348 e. The minimum atomic E-state index is -0.441. The first-order valence-electron chi connectivity index (χ1n) is 9.39. The molecule has 0 radical (unpaired) electrons. The highest BCUT2D eigenvalue weighted by atomic mass is 32.2. The quantitative estimate of drug-likeness (QED) is 0.596. The number of rotatable bonds is 9. The normalized spacial score (nSPS) is 13.3. The Morgan fingerprint density at radius 1 is 1.32 bits per heavy atom. The van der Waals surface area contributed by atoms with Crippen molar-refractivity contribution in [1.29, 1.82) is 0 Å². The Kier molecular flexibility index (Phi) is 8.06. The van der Waals surface area contributed by atoms with E-state index in [2.05, 4.69) is 22.2 Å². The SMILES string of the molecule is CCC[C@@H](C)NC(=O)CS[C@H](C)c1nc2sc(C(=O)OCC)c(C)c2c(=O)[nH]1. The average molecular weight is 426 g/mol. The maximum atomic E-state index is 12.5. The van der Waals surface area contributed by atoms with Crippen molar-refractivity contribution in [2.75, 3.05) is 12.4 Å².